The van der Waals surface area contributed by atoms with Crippen LogP contribution in [-0.2, 0) is 20.9 Å². The summed E-state index contributed by atoms with van der Waals surface area (Å²) in [6.07, 6.45) is 0. The number of fused-ring (bicyclic) bond motifs is 2. The van der Waals surface area contributed by atoms with E-state index in [1.165, 1.54) is 50.2 Å². The van der Waals surface area contributed by atoms with E-state index in [1.54, 1.807) is 42.5 Å². The Morgan fingerprint density at radius 1 is 0.913 bits per heavy atom. The van der Waals surface area contributed by atoms with Gasteiger partial charge < -0.3 is 19.5 Å². The number of methoxy groups -OCH3 is 3. The van der Waals surface area contributed by atoms with Crippen LogP contribution >= 0.6 is 23.1 Å². The fourth-order valence-electron chi connectivity index (χ4n) is 5.66. The standard InChI is InChI=1S/C31H26N4O9S2/c1-42-20-11-5-17(6-12-20)32-23(36)15-33-30-27(46-31(33)39)24(16-4-13-21(43-2)22(14-16)44-3)25-26(45-30)29(38)34(28(25)37)18-7-9-19(10-8-18)35(40)41/h4-14,24-26H,15H2,1-3H3,(H,32,36)/t24-,25-,26+/m0/s1. The van der Waals surface area contributed by atoms with Gasteiger partial charge >= 0.3 is 4.87 Å². The second kappa shape index (κ2) is 12.3. The number of ether oxygens (including phenoxy) is 3. The number of benzene rings is 3. The van der Waals surface area contributed by atoms with Crippen molar-refractivity contribution in [1.82, 2.24) is 4.57 Å². The highest BCUT2D eigenvalue weighted by molar-refractivity contribution is 8.00. The summed E-state index contributed by atoms with van der Waals surface area (Å²) in [5.41, 5.74) is 1.13. The molecule has 6 rings (SSSR count). The molecule has 3 amide bonds. The van der Waals surface area contributed by atoms with Gasteiger partial charge in [0.1, 0.15) is 17.5 Å². The number of rotatable bonds is 9. The molecule has 15 heteroatoms. The Morgan fingerprint density at radius 3 is 2.24 bits per heavy atom. The first-order chi connectivity index (χ1) is 22.1. The van der Waals surface area contributed by atoms with Gasteiger partial charge in [0.25, 0.3) is 5.69 Å². The molecule has 2 aliphatic rings. The zero-order chi connectivity index (χ0) is 32.7. The molecule has 1 aromatic heterocycles. The van der Waals surface area contributed by atoms with E-state index in [0.717, 1.165) is 28.0 Å². The van der Waals surface area contributed by atoms with Gasteiger partial charge in [0, 0.05) is 28.6 Å². The van der Waals surface area contributed by atoms with Crippen molar-refractivity contribution in [3.8, 4) is 17.2 Å². The Hall–Kier alpha value is -5.15. The van der Waals surface area contributed by atoms with E-state index in [2.05, 4.69) is 5.32 Å². The first kappa shape index (κ1) is 30.9. The van der Waals surface area contributed by atoms with Gasteiger partial charge in [-0.15, -0.1) is 0 Å². The summed E-state index contributed by atoms with van der Waals surface area (Å²) in [6, 6.07) is 17.0. The van der Waals surface area contributed by atoms with Gasteiger partial charge in [0.05, 0.1) is 42.9 Å². The number of thioether (sulfide) groups is 1. The lowest BCUT2D eigenvalue weighted by atomic mass is 9.83. The summed E-state index contributed by atoms with van der Waals surface area (Å²) in [5, 5.41) is 13.4. The molecule has 0 aliphatic carbocycles. The molecular formula is C31H26N4O9S2. The zero-order valence-corrected chi connectivity index (χ0v) is 26.3. The van der Waals surface area contributed by atoms with Gasteiger partial charge in [-0.3, -0.25) is 33.9 Å². The largest absolute Gasteiger partial charge is 0.497 e. The van der Waals surface area contributed by atoms with Crippen LogP contribution in [0.15, 0.2) is 76.6 Å². The van der Waals surface area contributed by atoms with Crippen molar-refractivity contribution in [3.63, 3.8) is 0 Å². The minimum absolute atomic E-state index is 0.183. The number of aromatic nitrogens is 1. The van der Waals surface area contributed by atoms with E-state index >= 15 is 0 Å². The summed E-state index contributed by atoms with van der Waals surface area (Å²) in [5.74, 6) is -1.70. The Balaban J connectivity index is 1.41. The molecule has 2 aliphatic heterocycles. The number of carbonyl (C=O) groups excluding carboxylic acids is 3. The monoisotopic (exact) mass is 662 g/mol. The van der Waals surface area contributed by atoms with Gasteiger partial charge in [-0.05, 0) is 54.1 Å². The van der Waals surface area contributed by atoms with Crippen LogP contribution in [0, 0.1) is 16.0 Å². The van der Waals surface area contributed by atoms with Crippen molar-refractivity contribution < 1.29 is 33.5 Å². The van der Waals surface area contributed by atoms with E-state index in [9.17, 15) is 29.3 Å². The molecule has 0 bridgehead atoms. The Labute approximate surface area is 269 Å². The van der Waals surface area contributed by atoms with Crippen LogP contribution in [-0.4, -0.2) is 53.8 Å². The topological polar surface area (TPSA) is 159 Å². The number of hydrogen-bond donors (Lipinski definition) is 1. The van der Waals surface area contributed by atoms with Gasteiger partial charge in [0.2, 0.25) is 17.7 Å². The third-order valence-corrected chi connectivity index (χ3v) is 10.4. The van der Waals surface area contributed by atoms with Crippen LogP contribution in [0.25, 0.3) is 0 Å². The van der Waals surface area contributed by atoms with Crippen molar-refractivity contribution >= 4 is 57.9 Å². The van der Waals surface area contributed by atoms with Crippen molar-refractivity contribution in [2.24, 2.45) is 5.92 Å². The van der Waals surface area contributed by atoms with E-state index in [-0.39, 0.29) is 17.9 Å². The van der Waals surface area contributed by atoms with E-state index in [1.807, 2.05) is 0 Å². The second-order valence-electron chi connectivity index (χ2n) is 10.3. The molecule has 46 heavy (non-hydrogen) atoms. The maximum Gasteiger partial charge on any atom is 0.308 e. The molecule has 4 aromatic rings. The molecule has 3 heterocycles. The number of carbonyl (C=O) groups is 3. The number of non-ortho nitro benzene ring substituents is 1. The molecule has 3 atom stereocenters. The number of nitrogens with one attached hydrogen (secondary N) is 1. The minimum Gasteiger partial charge on any atom is -0.497 e. The van der Waals surface area contributed by atoms with Crippen molar-refractivity contribution in [2.75, 3.05) is 31.5 Å². The number of nitro benzene ring substituents is 1. The molecular weight excluding hydrogens is 636 g/mol. The van der Waals surface area contributed by atoms with E-state index < -0.39 is 44.6 Å². The summed E-state index contributed by atoms with van der Waals surface area (Å²) < 4.78 is 17.4. The fraction of sp³-hybridized carbons (Fsp3) is 0.226. The summed E-state index contributed by atoms with van der Waals surface area (Å²) in [4.78, 5) is 66.4. The van der Waals surface area contributed by atoms with Crippen LogP contribution in [0.1, 0.15) is 16.4 Å². The van der Waals surface area contributed by atoms with Gasteiger partial charge in [0.15, 0.2) is 11.5 Å². The van der Waals surface area contributed by atoms with Gasteiger partial charge in [-0.1, -0.05) is 29.2 Å². The maximum absolute atomic E-state index is 14.1. The Bertz CT molecular complexity index is 1920. The van der Waals surface area contributed by atoms with Crippen LogP contribution in [0.3, 0.4) is 0 Å². The van der Waals surface area contributed by atoms with E-state index in [4.69, 9.17) is 14.2 Å². The zero-order valence-electron chi connectivity index (χ0n) is 24.6. The normalized spacial score (nSPS) is 18.5. The minimum atomic E-state index is -0.946. The smallest absolute Gasteiger partial charge is 0.308 e. The number of nitrogens with zero attached hydrogens (tertiary/aromatic N) is 3. The molecule has 13 nitrogen and oxygen atoms in total. The SMILES string of the molecule is COc1ccc(NC(=O)Cn2c3c(sc2=O)[C@@H](c2ccc(OC)c(OC)c2)[C@@H]2C(=O)N(c4ccc([N+](=O)[O-])cc4)C(=O)[C@@H]2S3)cc1. The first-order valence-electron chi connectivity index (χ1n) is 13.8. The number of hydrogen-bond acceptors (Lipinski definition) is 11. The third-order valence-electron chi connectivity index (χ3n) is 7.81. The van der Waals surface area contributed by atoms with Gasteiger partial charge in [-0.2, -0.15) is 0 Å². The molecule has 0 unspecified atom stereocenters. The molecule has 236 valence electrons. The summed E-state index contributed by atoms with van der Waals surface area (Å²) in [7, 11) is 4.50. The lowest BCUT2D eigenvalue weighted by Crippen LogP contribution is -2.33. The van der Waals surface area contributed by atoms with Crippen LogP contribution in [0.2, 0.25) is 0 Å². The summed E-state index contributed by atoms with van der Waals surface area (Å²) >= 11 is 1.98. The number of imide groups is 1. The number of nitro groups is 1. The van der Waals surface area contributed by atoms with Crippen LogP contribution in [0.5, 0.6) is 17.2 Å². The average molecular weight is 663 g/mol. The molecule has 0 spiro atoms. The predicted octanol–water partition coefficient (Wildman–Crippen LogP) is 4.28. The van der Waals surface area contributed by atoms with Gasteiger partial charge in [-0.25, -0.2) is 4.90 Å². The molecule has 1 N–H and O–H groups in total. The Kier molecular flexibility index (Phi) is 8.27. The van der Waals surface area contributed by atoms with Crippen molar-refractivity contribution in [2.45, 2.75) is 22.7 Å². The molecule has 3 aromatic carbocycles. The lowest BCUT2D eigenvalue weighted by Gasteiger charge is -2.31. The number of amides is 3. The molecule has 0 saturated carbocycles. The molecule has 0 radical (unpaired) electrons. The first-order valence-corrected chi connectivity index (χ1v) is 15.5. The quantitative estimate of drug-likeness (QED) is 0.156. The average Bonchev–Trinajstić information content (AvgIpc) is 3.50. The van der Waals surface area contributed by atoms with Crippen molar-refractivity contribution in [1.29, 1.82) is 0 Å². The summed E-state index contributed by atoms with van der Waals surface area (Å²) in [6.45, 7) is -0.325. The maximum atomic E-state index is 14.1. The predicted molar refractivity (Wildman–Crippen MR) is 170 cm³/mol. The Morgan fingerprint density at radius 2 is 1.61 bits per heavy atom. The number of anilines is 2. The van der Waals surface area contributed by atoms with Crippen molar-refractivity contribution in [3.05, 3.63) is 97.0 Å². The highest BCUT2D eigenvalue weighted by atomic mass is 32.2. The third kappa shape index (κ3) is 5.37. The lowest BCUT2D eigenvalue weighted by molar-refractivity contribution is -0.384. The number of thiazole rings is 1. The molecule has 1 fully saturated rings. The van der Waals surface area contributed by atoms with E-state index in [0.29, 0.717) is 38.4 Å². The second-order valence-corrected chi connectivity index (χ2v) is 12.5. The van der Waals surface area contributed by atoms with Crippen LogP contribution in [0.4, 0.5) is 17.1 Å². The van der Waals surface area contributed by atoms with Crippen LogP contribution < -0.4 is 29.3 Å². The highest BCUT2D eigenvalue weighted by Gasteiger charge is 2.57. The molecule has 1 saturated heterocycles. The highest BCUT2D eigenvalue weighted by Crippen LogP contribution is 2.54. The fourth-order valence-corrected chi connectivity index (χ4v) is 8.43.